The fraction of sp³-hybridized carbons (Fsp3) is 0.600. The van der Waals surface area contributed by atoms with Crippen LogP contribution < -0.4 is 9.62 Å². The molecule has 1 aromatic rings. The molecule has 0 saturated heterocycles. The maximum Gasteiger partial charge on any atom is 0.262 e. The Morgan fingerprint density at radius 3 is 2.68 bits per heavy atom. The van der Waals surface area contributed by atoms with E-state index < -0.39 is 10.0 Å². The van der Waals surface area contributed by atoms with E-state index in [1.165, 1.54) is 6.42 Å². The summed E-state index contributed by atoms with van der Waals surface area (Å²) in [5, 5.41) is 0. The second kappa shape index (κ2) is 5.16. The van der Waals surface area contributed by atoms with Gasteiger partial charge in [-0.1, -0.05) is 0 Å². The van der Waals surface area contributed by atoms with Crippen molar-refractivity contribution in [1.82, 2.24) is 9.62 Å². The van der Waals surface area contributed by atoms with Crippen LogP contribution >= 0.6 is 0 Å². The molecule has 1 amide bonds. The number of hydrogen-bond acceptors (Lipinski definition) is 5. The van der Waals surface area contributed by atoms with Gasteiger partial charge in [-0.25, -0.2) is 13.1 Å². The summed E-state index contributed by atoms with van der Waals surface area (Å²) >= 11 is 0. The molecule has 148 valence electrons. The molecular weight excluding hydrogens is 376 g/mol. The van der Waals surface area contributed by atoms with Gasteiger partial charge in [0.05, 0.1) is 28.7 Å². The van der Waals surface area contributed by atoms with Crippen molar-refractivity contribution in [2.45, 2.75) is 49.6 Å². The zero-order chi connectivity index (χ0) is 19.4. The number of nitrogens with zero attached hydrogens (tertiary/aromatic N) is 3. The van der Waals surface area contributed by atoms with Crippen molar-refractivity contribution in [1.29, 1.82) is 0 Å². The van der Waals surface area contributed by atoms with Gasteiger partial charge in [0.2, 0.25) is 16.0 Å². The first kappa shape index (κ1) is 17.0. The van der Waals surface area contributed by atoms with Crippen molar-refractivity contribution < 1.29 is 13.2 Å². The standard InChI is InChI=1S/C20H24N4O3S/c1-11-9-21-19-23(10-16-13-8-14(13)16)18(25)15-7-12(3-4-17(15)24(11)19)28(26,27)22-20(2)5-6-20/h3-4,7,11,13-14,16,22H,5-6,8-10H2,1-2H3/t11-,13?,14?,16?/m1/s1. The van der Waals surface area contributed by atoms with Crippen LogP contribution in [0.3, 0.4) is 0 Å². The van der Waals surface area contributed by atoms with E-state index in [9.17, 15) is 13.2 Å². The Morgan fingerprint density at radius 1 is 1.29 bits per heavy atom. The fourth-order valence-electron chi connectivity index (χ4n) is 4.66. The maximum atomic E-state index is 13.3. The van der Waals surface area contributed by atoms with Gasteiger partial charge in [-0.05, 0) is 69.1 Å². The lowest BCUT2D eigenvalue weighted by atomic mass is 10.1. The highest BCUT2D eigenvalue weighted by atomic mass is 32.2. The second-order valence-corrected chi connectivity index (χ2v) is 11.0. The Morgan fingerprint density at radius 2 is 2.04 bits per heavy atom. The number of benzene rings is 1. The smallest absolute Gasteiger partial charge is 0.262 e. The second-order valence-electron chi connectivity index (χ2n) is 9.35. The number of carbonyl (C=O) groups is 1. The summed E-state index contributed by atoms with van der Waals surface area (Å²) in [4.78, 5) is 22.0. The zero-order valence-corrected chi connectivity index (χ0v) is 16.9. The van der Waals surface area contributed by atoms with E-state index in [1.807, 2.05) is 6.92 Å². The molecule has 0 aromatic heterocycles. The SMILES string of the molecule is C[C@@H]1CN=C2N(CC3C4CC43)C(=O)c3cc(S(=O)(=O)NC4(C)CC4)ccc3N21. The van der Waals surface area contributed by atoms with Crippen LogP contribution in [0.4, 0.5) is 5.69 Å². The van der Waals surface area contributed by atoms with E-state index >= 15 is 0 Å². The Kier molecular flexibility index (Phi) is 3.13. The van der Waals surface area contributed by atoms with Crippen LogP contribution in [0, 0.1) is 17.8 Å². The minimum absolute atomic E-state index is 0.125. The predicted octanol–water partition coefficient (Wildman–Crippen LogP) is 1.80. The van der Waals surface area contributed by atoms with E-state index in [1.54, 1.807) is 23.1 Å². The number of anilines is 1. The number of carbonyl (C=O) groups excluding carboxylic acids is 1. The Bertz CT molecular complexity index is 1040. The summed E-state index contributed by atoms with van der Waals surface area (Å²) in [5.41, 5.74) is 0.884. The quantitative estimate of drug-likeness (QED) is 0.817. The monoisotopic (exact) mass is 400 g/mol. The highest BCUT2D eigenvalue weighted by molar-refractivity contribution is 7.89. The third-order valence-corrected chi connectivity index (χ3v) is 8.67. The van der Waals surface area contributed by atoms with Crippen molar-refractivity contribution in [2.75, 3.05) is 18.0 Å². The van der Waals surface area contributed by atoms with Crippen molar-refractivity contribution in [3.63, 3.8) is 0 Å². The molecule has 3 atom stereocenters. The summed E-state index contributed by atoms with van der Waals surface area (Å²) in [5.74, 6) is 2.78. The van der Waals surface area contributed by atoms with Gasteiger partial charge < -0.3 is 4.90 Å². The molecule has 2 heterocycles. The number of fused-ring (bicyclic) bond motifs is 4. The van der Waals surface area contributed by atoms with Crippen LogP contribution in [-0.2, 0) is 10.0 Å². The minimum Gasteiger partial charge on any atom is -0.307 e. The molecule has 1 N–H and O–H groups in total. The van der Waals surface area contributed by atoms with Crippen molar-refractivity contribution in [3.8, 4) is 0 Å². The van der Waals surface area contributed by atoms with Crippen molar-refractivity contribution >= 4 is 27.6 Å². The first-order chi connectivity index (χ1) is 13.3. The van der Waals surface area contributed by atoms with E-state index in [0.29, 0.717) is 24.6 Å². The average Bonchev–Trinajstić information content (AvgIpc) is 3.57. The average molecular weight is 401 g/mol. The zero-order valence-electron chi connectivity index (χ0n) is 16.1. The lowest BCUT2D eigenvalue weighted by Crippen LogP contribution is -2.53. The molecule has 2 aliphatic heterocycles. The number of sulfonamides is 1. The van der Waals surface area contributed by atoms with Crippen LogP contribution in [0.2, 0.25) is 0 Å². The van der Waals surface area contributed by atoms with Gasteiger partial charge in [-0.15, -0.1) is 0 Å². The number of hydrogen-bond donors (Lipinski definition) is 1. The lowest BCUT2D eigenvalue weighted by Gasteiger charge is -2.38. The van der Waals surface area contributed by atoms with Gasteiger partial charge >= 0.3 is 0 Å². The van der Waals surface area contributed by atoms with Gasteiger partial charge in [0.1, 0.15) is 0 Å². The first-order valence-electron chi connectivity index (χ1n) is 10.1. The number of amides is 1. The molecule has 3 aliphatic carbocycles. The van der Waals surface area contributed by atoms with Gasteiger partial charge in [0.25, 0.3) is 5.91 Å². The fourth-order valence-corrected chi connectivity index (χ4v) is 6.15. The normalized spacial score (nSPS) is 33.8. The Balaban J connectivity index is 1.39. The van der Waals surface area contributed by atoms with E-state index in [-0.39, 0.29) is 22.4 Å². The van der Waals surface area contributed by atoms with Crippen LogP contribution in [0.15, 0.2) is 28.1 Å². The number of guanidine groups is 1. The molecule has 28 heavy (non-hydrogen) atoms. The van der Waals surface area contributed by atoms with Crippen LogP contribution in [0.1, 0.15) is 43.5 Å². The minimum atomic E-state index is -3.65. The predicted molar refractivity (Wildman–Crippen MR) is 105 cm³/mol. The number of aliphatic imine (C=N–C) groups is 1. The largest absolute Gasteiger partial charge is 0.307 e. The Labute approximate surface area is 164 Å². The summed E-state index contributed by atoms with van der Waals surface area (Å²) in [6, 6.07) is 5.08. The molecule has 0 radical (unpaired) electrons. The van der Waals surface area contributed by atoms with Crippen molar-refractivity contribution in [2.24, 2.45) is 22.7 Å². The van der Waals surface area contributed by atoms with E-state index in [4.69, 9.17) is 0 Å². The van der Waals surface area contributed by atoms with E-state index in [2.05, 4.69) is 21.5 Å². The first-order valence-corrected chi connectivity index (χ1v) is 11.6. The van der Waals surface area contributed by atoms with Gasteiger partial charge in [-0.2, -0.15) is 0 Å². The van der Waals surface area contributed by atoms with Crippen LogP contribution in [0.5, 0.6) is 0 Å². The lowest BCUT2D eigenvalue weighted by molar-refractivity contribution is 0.0829. The molecule has 8 heteroatoms. The van der Waals surface area contributed by atoms with Crippen LogP contribution in [0.25, 0.3) is 0 Å². The molecule has 3 fully saturated rings. The molecule has 1 aromatic carbocycles. The molecule has 5 aliphatic rings. The number of rotatable bonds is 5. The maximum absolute atomic E-state index is 13.3. The summed E-state index contributed by atoms with van der Waals surface area (Å²) < 4.78 is 28.4. The molecule has 2 unspecified atom stereocenters. The third kappa shape index (κ3) is 2.40. The molecule has 6 rings (SSSR count). The Hall–Kier alpha value is -1.93. The summed E-state index contributed by atoms with van der Waals surface area (Å²) in [6.45, 7) is 5.34. The highest BCUT2D eigenvalue weighted by Crippen LogP contribution is 2.68. The van der Waals surface area contributed by atoms with Gasteiger partial charge in [0, 0.05) is 12.1 Å². The molecule has 3 saturated carbocycles. The molecule has 0 bridgehead atoms. The van der Waals surface area contributed by atoms with Crippen molar-refractivity contribution in [3.05, 3.63) is 23.8 Å². The van der Waals surface area contributed by atoms with Crippen LogP contribution in [-0.4, -0.2) is 49.9 Å². The molecule has 0 spiro atoms. The van der Waals surface area contributed by atoms with Gasteiger partial charge in [-0.3, -0.25) is 14.7 Å². The van der Waals surface area contributed by atoms with E-state index in [0.717, 1.165) is 36.3 Å². The summed E-state index contributed by atoms with van der Waals surface area (Å²) in [7, 11) is -3.65. The third-order valence-electron chi connectivity index (χ3n) is 7.03. The summed E-state index contributed by atoms with van der Waals surface area (Å²) in [6.07, 6.45) is 2.99. The topological polar surface area (TPSA) is 82.1 Å². The number of nitrogens with one attached hydrogen (secondary N) is 1. The van der Waals surface area contributed by atoms with Gasteiger partial charge in [0.15, 0.2) is 0 Å². The highest BCUT2D eigenvalue weighted by Gasteiger charge is 2.64. The molecular formula is C20H24N4O3S. The molecule has 7 nitrogen and oxygen atoms in total.